The fourth-order valence-corrected chi connectivity index (χ4v) is 1.43. The summed E-state index contributed by atoms with van der Waals surface area (Å²) in [5.74, 6) is 1.09. The van der Waals surface area contributed by atoms with Crippen molar-refractivity contribution in [3.63, 3.8) is 0 Å². The van der Waals surface area contributed by atoms with E-state index in [0.717, 1.165) is 6.42 Å². The highest BCUT2D eigenvalue weighted by molar-refractivity contribution is 4.65. The van der Waals surface area contributed by atoms with Crippen LogP contribution >= 0.6 is 0 Å². The summed E-state index contributed by atoms with van der Waals surface area (Å²) in [5, 5.41) is 9.71. The highest BCUT2D eigenvalue weighted by Crippen LogP contribution is 2.17. The van der Waals surface area contributed by atoms with Crippen LogP contribution in [0.2, 0.25) is 0 Å². The van der Waals surface area contributed by atoms with Crippen LogP contribution in [-0.4, -0.2) is 11.2 Å². The maximum absolute atomic E-state index is 9.71. The van der Waals surface area contributed by atoms with Gasteiger partial charge in [-0.1, -0.05) is 40.5 Å². The lowest BCUT2D eigenvalue weighted by molar-refractivity contribution is 0.0893. The first-order valence-corrected chi connectivity index (χ1v) is 5.26. The van der Waals surface area contributed by atoms with E-state index in [1.54, 1.807) is 0 Å². The molecule has 0 aromatic heterocycles. The molecule has 12 heavy (non-hydrogen) atoms. The molecule has 74 valence electrons. The van der Waals surface area contributed by atoms with E-state index in [-0.39, 0.29) is 6.10 Å². The Labute approximate surface area is 77.2 Å². The van der Waals surface area contributed by atoms with Crippen LogP contribution in [0.3, 0.4) is 0 Å². The van der Waals surface area contributed by atoms with Crippen molar-refractivity contribution in [2.45, 2.75) is 59.5 Å². The lowest BCUT2D eigenvalue weighted by Crippen LogP contribution is -2.19. The third-order valence-electron chi connectivity index (χ3n) is 2.38. The Morgan fingerprint density at radius 1 is 1.17 bits per heavy atom. The normalized spacial score (nSPS) is 16.5. The monoisotopic (exact) mass is 172 g/mol. The molecule has 2 unspecified atom stereocenters. The van der Waals surface area contributed by atoms with Crippen molar-refractivity contribution in [2.24, 2.45) is 11.8 Å². The molecular formula is C11H24O. The van der Waals surface area contributed by atoms with Gasteiger partial charge in [0.2, 0.25) is 0 Å². The first-order valence-electron chi connectivity index (χ1n) is 5.26. The van der Waals surface area contributed by atoms with Gasteiger partial charge in [-0.25, -0.2) is 0 Å². The Bertz CT molecular complexity index is 99.2. The minimum atomic E-state index is -0.0865. The Kier molecular flexibility index (Phi) is 6.45. The molecule has 2 atom stereocenters. The summed E-state index contributed by atoms with van der Waals surface area (Å²) in [6.45, 7) is 8.68. The standard InChI is InChI=1S/C11H24O/c1-5-6-7-10(4)11(12)8-9(2)3/h9-12H,5-8H2,1-4H3. The van der Waals surface area contributed by atoms with Crippen molar-refractivity contribution in [3.8, 4) is 0 Å². The molecule has 0 radical (unpaired) electrons. The number of hydrogen-bond donors (Lipinski definition) is 1. The molecule has 0 fully saturated rings. The maximum atomic E-state index is 9.71. The number of aliphatic hydroxyl groups is 1. The van der Waals surface area contributed by atoms with Crippen LogP contribution in [0, 0.1) is 11.8 Å². The summed E-state index contributed by atoms with van der Waals surface area (Å²) in [5.41, 5.74) is 0. The van der Waals surface area contributed by atoms with Gasteiger partial charge in [-0.2, -0.15) is 0 Å². The van der Waals surface area contributed by atoms with Gasteiger partial charge in [0.05, 0.1) is 6.10 Å². The van der Waals surface area contributed by atoms with Gasteiger partial charge in [-0.15, -0.1) is 0 Å². The molecule has 0 aromatic carbocycles. The molecule has 0 aromatic rings. The molecular weight excluding hydrogens is 148 g/mol. The topological polar surface area (TPSA) is 20.2 Å². The summed E-state index contributed by atoms with van der Waals surface area (Å²) in [6, 6.07) is 0. The van der Waals surface area contributed by atoms with Gasteiger partial charge < -0.3 is 5.11 Å². The molecule has 0 saturated carbocycles. The lowest BCUT2D eigenvalue weighted by atomic mass is 9.92. The Hall–Kier alpha value is -0.0400. The molecule has 0 aliphatic carbocycles. The second kappa shape index (κ2) is 6.47. The first kappa shape index (κ1) is 12.0. The van der Waals surface area contributed by atoms with E-state index in [1.807, 2.05) is 0 Å². The van der Waals surface area contributed by atoms with E-state index in [9.17, 15) is 5.11 Å². The molecule has 0 aliphatic heterocycles. The van der Waals surface area contributed by atoms with E-state index < -0.39 is 0 Å². The lowest BCUT2D eigenvalue weighted by Gasteiger charge is -2.20. The SMILES string of the molecule is CCCCC(C)C(O)CC(C)C. The number of aliphatic hydroxyl groups excluding tert-OH is 1. The predicted molar refractivity (Wildman–Crippen MR) is 54.2 cm³/mol. The van der Waals surface area contributed by atoms with Crippen LogP contribution in [-0.2, 0) is 0 Å². The zero-order valence-electron chi connectivity index (χ0n) is 9.01. The third-order valence-corrected chi connectivity index (χ3v) is 2.38. The fourth-order valence-electron chi connectivity index (χ4n) is 1.43. The van der Waals surface area contributed by atoms with Crippen LogP contribution in [0.15, 0.2) is 0 Å². The Balaban J connectivity index is 3.53. The zero-order valence-corrected chi connectivity index (χ0v) is 9.01. The summed E-state index contributed by atoms with van der Waals surface area (Å²) in [7, 11) is 0. The summed E-state index contributed by atoms with van der Waals surface area (Å²) in [4.78, 5) is 0. The molecule has 1 heteroatoms. The van der Waals surface area contributed by atoms with E-state index in [2.05, 4.69) is 27.7 Å². The zero-order chi connectivity index (χ0) is 9.56. The van der Waals surface area contributed by atoms with Gasteiger partial charge in [0, 0.05) is 0 Å². The van der Waals surface area contributed by atoms with E-state index in [0.29, 0.717) is 11.8 Å². The van der Waals surface area contributed by atoms with E-state index in [1.165, 1.54) is 19.3 Å². The molecule has 0 heterocycles. The number of rotatable bonds is 6. The van der Waals surface area contributed by atoms with Crippen molar-refractivity contribution in [1.82, 2.24) is 0 Å². The van der Waals surface area contributed by atoms with Gasteiger partial charge in [0.25, 0.3) is 0 Å². The van der Waals surface area contributed by atoms with Crippen LogP contribution < -0.4 is 0 Å². The molecule has 1 nitrogen and oxygen atoms in total. The number of hydrogen-bond acceptors (Lipinski definition) is 1. The third kappa shape index (κ3) is 5.59. The van der Waals surface area contributed by atoms with Crippen molar-refractivity contribution in [2.75, 3.05) is 0 Å². The average molecular weight is 172 g/mol. The van der Waals surface area contributed by atoms with Gasteiger partial charge in [-0.3, -0.25) is 0 Å². The minimum absolute atomic E-state index is 0.0865. The quantitative estimate of drug-likeness (QED) is 0.652. The van der Waals surface area contributed by atoms with Crippen molar-refractivity contribution < 1.29 is 5.11 Å². The Morgan fingerprint density at radius 3 is 2.17 bits per heavy atom. The van der Waals surface area contributed by atoms with E-state index in [4.69, 9.17) is 0 Å². The van der Waals surface area contributed by atoms with Crippen LogP contribution in [0.5, 0.6) is 0 Å². The minimum Gasteiger partial charge on any atom is -0.393 e. The number of unbranched alkanes of at least 4 members (excludes halogenated alkanes) is 1. The molecule has 0 amide bonds. The van der Waals surface area contributed by atoms with Gasteiger partial charge >= 0.3 is 0 Å². The van der Waals surface area contributed by atoms with E-state index >= 15 is 0 Å². The van der Waals surface area contributed by atoms with Gasteiger partial charge in [0.15, 0.2) is 0 Å². The van der Waals surface area contributed by atoms with Gasteiger partial charge in [-0.05, 0) is 24.7 Å². The van der Waals surface area contributed by atoms with Crippen LogP contribution in [0.4, 0.5) is 0 Å². The Morgan fingerprint density at radius 2 is 1.75 bits per heavy atom. The van der Waals surface area contributed by atoms with Crippen LogP contribution in [0.25, 0.3) is 0 Å². The summed E-state index contributed by atoms with van der Waals surface area (Å²) < 4.78 is 0. The average Bonchev–Trinajstić information content (AvgIpc) is 1.98. The molecule has 0 rings (SSSR count). The maximum Gasteiger partial charge on any atom is 0.0568 e. The largest absolute Gasteiger partial charge is 0.393 e. The van der Waals surface area contributed by atoms with Crippen molar-refractivity contribution in [3.05, 3.63) is 0 Å². The second-order valence-electron chi connectivity index (χ2n) is 4.32. The molecule has 0 aliphatic rings. The molecule has 0 spiro atoms. The molecule has 0 saturated heterocycles. The molecule has 0 bridgehead atoms. The highest BCUT2D eigenvalue weighted by atomic mass is 16.3. The van der Waals surface area contributed by atoms with Gasteiger partial charge in [0.1, 0.15) is 0 Å². The predicted octanol–water partition coefficient (Wildman–Crippen LogP) is 3.22. The van der Waals surface area contributed by atoms with Crippen molar-refractivity contribution in [1.29, 1.82) is 0 Å². The fraction of sp³-hybridized carbons (Fsp3) is 1.00. The smallest absolute Gasteiger partial charge is 0.0568 e. The summed E-state index contributed by atoms with van der Waals surface area (Å²) >= 11 is 0. The molecule has 1 N–H and O–H groups in total. The highest BCUT2D eigenvalue weighted by Gasteiger charge is 2.14. The second-order valence-corrected chi connectivity index (χ2v) is 4.32. The van der Waals surface area contributed by atoms with Crippen molar-refractivity contribution >= 4 is 0 Å². The van der Waals surface area contributed by atoms with Crippen LogP contribution in [0.1, 0.15) is 53.4 Å². The first-order chi connectivity index (χ1) is 5.57. The summed E-state index contributed by atoms with van der Waals surface area (Å²) in [6.07, 6.45) is 4.51.